The maximum Gasteiger partial charge on any atom is 0.195 e. The number of hydrogen-bond acceptors (Lipinski definition) is 6. The molecule has 0 radical (unpaired) electrons. The summed E-state index contributed by atoms with van der Waals surface area (Å²) in [6.07, 6.45) is 0.964. The molecule has 35 heavy (non-hydrogen) atoms. The third-order valence-corrected chi connectivity index (χ3v) is 7.47. The average molecular weight is 488 g/mol. The van der Waals surface area contributed by atoms with Crippen molar-refractivity contribution in [1.29, 1.82) is 0 Å². The summed E-state index contributed by atoms with van der Waals surface area (Å²) in [5.74, 6) is 1.58. The van der Waals surface area contributed by atoms with E-state index in [1.165, 1.54) is 0 Å². The van der Waals surface area contributed by atoms with Gasteiger partial charge in [-0.05, 0) is 54.4 Å². The Kier molecular flexibility index (Phi) is 7.42. The van der Waals surface area contributed by atoms with Crippen molar-refractivity contribution in [2.24, 2.45) is 0 Å². The van der Waals surface area contributed by atoms with Gasteiger partial charge in [-0.3, -0.25) is 9.69 Å². The molecule has 0 amide bonds. The fourth-order valence-corrected chi connectivity index (χ4v) is 5.61. The summed E-state index contributed by atoms with van der Waals surface area (Å²) in [6.45, 7) is 5.28. The Bertz CT molecular complexity index is 1280. The molecule has 1 fully saturated rings. The highest BCUT2D eigenvalue weighted by Gasteiger charge is 2.22. The highest BCUT2D eigenvalue weighted by atomic mass is 32.1. The van der Waals surface area contributed by atoms with Crippen LogP contribution in [0.5, 0.6) is 11.5 Å². The molecule has 0 saturated carbocycles. The van der Waals surface area contributed by atoms with E-state index in [-0.39, 0.29) is 5.78 Å². The molecule has 5 rings (SSSR count). The lowest BCUT2D eigenvalue weighted by Gasteiger charge is -2.26. The number of morpholine rings is 1. The molecule has 180 valence electrons. The molecule has 5 nitrogen and oxygen atoms in total. The van der Waals surface area contributed by atoms with Gasteiger partial charge in [-0.15, -0.1) is 11.3 Å². The Morgan fingerprint density at radius 2 is 1.71 bits per heavy atom. The minimum absolute atomic E-state index is 0.0131. The van der Waals surface area contributed by atoms with Crippen LogP contribution in [0.1, 0.15) is 22.3 Å². The molecular formula is C29H29NO4S. The van der Waals surface area contributed by atoms with E-state index in [9.17, 15) is 4.79 Å². The normalized spacial score (nSPS) is 14.2. The number of thiophene rings is 1. The molecule has 6 heteroatoms. The third kappa shape index (κ3) is 5.40. The van der Waals surface area contributed by atoms with Crippen LogP contribution in [0.4, 0.5) is 0 Å². The van der Waals surface area contributed by atoms with Gasteiger partial charge in [-0.25, -0.2) is 0 Å². The van der Waals surface area contributed by atoms with Crippen molar-refractivity contribution in [3.8, 4) is 21.9 Å². The molecule has 1 aliphatic heterocycles. The molecule has 4 aromatic rings. The highest BCUT2D eigenvalue weighted by Crippen LogP contribution is 2.41. The van der Waals surface area contributed by atoms with Gasteiger partial charge >= 0.3 is 0 Å². The maximum absolute atomic E-state index is 13.7. The number of fused-ring (bicyclic) bond motifs is 1. The summed E-state index contributed by atoms with van der Waals surface area (Å²) >= 11 is 1.62. The van der Waals surface area contributed by atoms with Crippen molar-refractivity contribution < 1.29 is 19.0 Å². The molecule has 2 heterocycles. The molecule has 1 saturated heterocycles. The highest BCUT2D eigenvalue weighted by molar-refractivity contribution is 7.22. The van der Waals surface area contributed by atoms with Gasteiger partial charge in [0, 0.05) is 45.7 Å². The van der Waals surface area contributed by atoms with E-state index in [1.807, 2.05) is 72.8 Å². The monoisotopic (exact) mass is 487 g/mol. The fourth-order valence-electron chi connectivity index (χ4n) is 4.37. The van der Waals surface area contributed by atoms with Crippen LogP contribution in [-0.4, -0.2) is 57.2 Å². The second kappa shape index (κ2) is 11.0. The first-order valence-electron chi connectivity index (χ1n) is 12.0. The van der Waals surface area contributed by atoms with E-state index in [4.69, 9.17) is 14.2 Å². The zero-order chi connectivity index (χ0) is 24.0. The van der Waals surface area contributed by atoms with E-state index in [0.717, 1.165) is 76.9 Å². The molecule has 0 N–H and O–H groups in total. The molecule has 0 aliphatic carbocycles. The lowest BCUT2D eigenvalue weighted by molar-refractivity contribution is 0.0358. The predicted octanol–water partition coefficient (Wildman–Crippen LogP) is 5.91. The summed E-state index contributed by atoms with van der Waals surface area (Å²) in [5, 5.41) is 0.947. The number of rotatable bonds is 9. The molecule has 3 aromatic carbocycles. The van der Waals surface area contributed by atoms with Gasteiger partial charge in [0.2, 0.25) is 0 Å². The zero-order valence-electron chi connectivity index (χ0n) is 19.9. The number of nitrogens with zero attached hydrogens (tertiary/aromatic N) is 1. The van der Waals surface area contributed by atoms with E-state index < -0.39 is 0 Å². The number of ketones is 1. The Hall–Kier alpha value is -3.19. The van der Waals surface area contributed by atoms with Crippen LogP contribution in [0.3, 0.4) is 0 Å². The van der Waals surface area contributed by atoms with Gasteiger partial charge in [0.25, 0.3) is 0 Å². The topological polar surface area (TPSA) is 48.0 Å². The van der Waals surface area contributed by atoms with E-state index in [1.54, 1.807) is 18.4 Å². The number of hydrogen-bond donors (Lipinski definition) is 0. The number of carbonyl (C=O) groups is 1. The number of ether oxygens (including phenoxy) is 3. The number of benzene rings is 3. The van der Waals surface area contributed by atoms with Crippen LogP contribution in [-0.2, 0) is 4.74 Å². The molecule has 0 unspecified atom stereocenters. The first-order chi connectivity index (χ1) is 17.2. The molecule has 0 spiro atoms. The Balaban J connectivity index is 1.34. The van der Waals surface area contributed by atoms with E-state index in [2.05, 4.69) is 4.90 Å². The van der Waals surface area contributed by atoms with Gasteiger partial charge in [0.15, 0.2) is 5.78 Å². The number of carbonyl (C=O) groups excluding carboxylic acids is 1. The minimum Gasteiger partial charge on any atom is -0.497 e. The standard InChI is InChI=1S/C29H29NO4S/c1-32-24-12-13-25-26(20-24)35-29(22-6-3-2-4-7-22)27(25)28(31)21-8-10-23(11-9-21)34-17-5-14-30-15-18-33-19-16-30/h2-4,6-13,20H,5,14-19H2,1H3. The summed E-state index contributed by atoms with van der Waals surface area (Å²) in [7, 11) is 1.66. The molecule has 0 atom stereocenters. The van der Waals surface area contributed by atoms with Crippen LogP contribution < -0.4 is 9.47 Å². The molecule has 1 aromatic heterocycles. The zero-order valence-corrected chi connectivity index (χ0v) is 20.7. The summed E-state index contributed by atoms with van der Waals surface area (Å²) in [5.41, 5.74) is 2.42. The van der Waals surface area contributed by atoms with Gasteiger partial charge in [0.05, 0.1) is 26.9 Å². The predicted molar refractivity (Wildman–Crippen MR) is 141 cm³/mol. The molecular weight excluding hydrogens is 458 g/mol. The van der Waals surface area contributed by atoms with Gasteiger partial charge < -0.3 is 14.2 Å². The fraction of sp³-hybridized carbons (Fsp3) is 0.276. The molecule has 1 aliphatic rings. The molecule has 0 bridgehead atoms. The Morgan fingerprint density at radius 3 is 2.46 bits per heavy atom. The van der Waals surface area contributed by atoms with Crippen LogP contribution in [0.15, 0.2) is 72.8 Å². The van der Waals surface area contributed by atoms with Gasteiger partial charge in [-0.1, -0.05) is 30.3 Å². The lowest BCUT2D eigenvalue weighted by Crippen LogP contribution is -2.37. The van der Waals surface area contributed by atoms with Crippen molar-refractivity contribution in [2.45, 2.75) is 6.42 Å². The quantitative estimate of drug-likeness (QED) is 0.217. The largest absolute Gasteiger partial charge is 0.497 e. The lowest BCUT2D eigenvalue weighted by atomic mass is 9.97. The second-order valence-corrected chi connectivity index (χ2v) is 9.60. The summed E-state index contributed by atoms with van der Waals surface area (Å²) < 4.78 is 17.8. The maximum atomic E-state index is 13.7. The van der Waals surface area contributed by atoms with Crippen molar-refractivity contribution in [3.05, 3.63) is 83.9 Å². The van der Waals surface area contributed by atoms with Crippen LogP contribution in [0, 0.1) is 0 Å². The van der Waals surface area contributed by atoms with Crippen molar-refractivity contribution in [1.82, 2.24) is 4.90 Å². The van der Waals surface area contributed by atoms with Crippen LogP contribution in [0.2, 0.25) is 0 Å². The third-order valence-electron chi connectivity index (χ3n) is 6.27. The summed E-state index contributed by atoms with van der Waals surface area (Å²) in [6, 6.07) is 23.5. The Labute approximate surface area is 209 Å². The van der Waals surface area contributed by atoms with E-state index in [0.29, 0.717) is 12.2 Å². The van der Waals surface area contributed by atoms with Crippen LogP contribution in [0.25, 0.3) is 20.5 Å². The van der Waals surface area contributed by atoms with Gasteiger partial charge in [-0.2, -0.15) is 0 Å². The van der Waals surface area contributed by atoms with E-state index >= 15 is 0 Å². The average Bonchev–Trinajstić information content (AvgIpc) is 3.31. The SMILES string of the molecule is COc1ccc2c(C(=O)c3ccc(OCCCN4CCOCC4)cc3)c(-c3ccccc3)sc2c1. The van der Waals surface area contributed by atoms with Crippen molar-refractivity contribution in [3.63, 3.8) is 0 Å². The number of methoxy groups -OCH3 is 1. The Morgan fingerprint density at radius 1 is 0.971 bits per heavy atom. The first kappa shape index (κ1) is 23.5. The smallest absolute Gasteiger partial charge is 0.195 e. The first-order valence-corrected chi connectivity index (χ1v) is 12.8. The van der Waals surface area contributed by atoms with Crippen LogP contribution >= 0.6 is 11.3 Å². The minimum atomic E-state index is 0.0131. The summed E-state index contributed by atoms with van der Waals surface area (Å²) in [4.78, 5) is 17.1. The second-order valence-electron chi connectivity index (χ2n) is 8.54. The van der Waals surface area contributed by atoms with Gasteiger partial charge in [0.1, 0.15) is 11.5 Å². The van der Waals surface area contributed by atoms with Crippen molar-refractivity contribution >= 4 is 27.2 Å². The van der Waals surface area contributed by atoms with Crippen molar-refractivity contribution in [2.75, 3.05) is 46.6 Å².